The number of esters is 1. The minimum atomic E-state index is -1.79. The number of amides is 1. The Morgan fingerprint density at radius 2 is 1.74 bits per heavy atom. The molecule has 1 amide bonds. The Morgan fingerprint density at radius 1 is 1.17 bits per heavy atom. The molecule has 2 N–H and O–H groups in total. The first-order chi connectivity index (χ1) is 10.6. The zero-order chi connectivity index (χ0) is 17.7. The average molecular weight is 329 g/mol. The van der Waals surface area contributed by atoms with Crippen molar-refractivity contribution in [1.82, 2.24) is 5.32 Å². The Labute approximate surface area is 138 Å². The normalized spacial score (nSPS) is 20.3. The zero-order valence-corrected chi connectivity index (χ0v) is 15.0. The maximum atomic E-state index is 12.1. The Morgan fingerprint density at radius 3 is 2.22 bits per heavy atom. The van der Waals surface area contributed by atoms with E-state index in [-0.39, 0.29) is 0 Å². The monoisotopic (exact) mass is 329 g/mol. The van der Waals surface area contributed by atoms with Gasteiger partial charge in [-0.3, -0.25) is 0 Å². The van der Waals surface area contributed by atoms with E-state index in [4.69, 9.17) is 4.74 Å². The highest BCUT2D eigenvalue weighted by molar-refractivity contribution is 5.81. The van der Waals surface area contributed by atoms with Gasteiger partial charge >= 0.3 is 12.1 Å². The number of alkyl carbamates (subject to hydrolysis) is 1. The Bertz CT molecular complexity index is 408. The van der Waals surface area contributed by atoms with E-state index >= 15 is 0 Å². The molecular weight excluding hydrogens is 298 g/mol. The van der Waals surface area contributed by atoms with Crippen molar-refractivity contribution < 1.29 is 24.2 Å². The second-order valence-electron chi connectivity index (χ2n) is 7.58. The van der Waals surface area contributed by atoms with E-state index in [9.17, 15) is 14.7 Å². The molecule has 1 saturated carbocycles. The first-order valence-corrected chi connectivity index (χ1v) is 8.36. The van der Waals surface area contributed by atoms with Crippen LogP contribution in [0, 0.1) is 5.92 Å². The molecule has 0 saturated heterocycles. The predicted molar refractivity (Wildman–Crippen MR) is 87.0 cm³/mol. The molecule has 0 radical (unpaired) electrons. The Balaban J connectivity index is 2.82. The van der Waals surface area contributed by atoms with Crippen LogP contribution < -0.4 is 5.32 Å². The van der Waals surface area contributed by atoms with Crippen molar-refractivity contribution in [1.29, 1.82) is 0 Å². The third-order valence-electron chi connectivity index (χ3n) is 4.26. The van der Waals surface area contributed by atoms with Crippen molar-refractivity contribution in [3.8, 4) is 0 Å². The smallest absolute Gasteiger partial charge is 0.407 e. The van der Waals surface area contributed by atoms with Gasteiger partial charge in [-0.1, -0.05) is 32.1 Å². The van der Waals surface area contributed by atoms with Crippen molar-refractivity contribution in [2.24, 2.45) is 5.92 Å². The molecule has 134 valence electrons. The summed E-state index contributed by atoms with van der Waals surface area (Å²) in [5.41, 5.74) is -2.43. The van der Waals surface area contributed by atoms with Crippen LogP contribution in [0.25, 0.3) is 0 Å². The fourth-order valence-corrected chi connectivity index (χ4v) is 2.98. The van der Waals surface area contributed by atoms with E-state index < -0.39 is 29.3 Å². The lowest BCUT2D eigenvalue weighted by atomic mass is 9.80. The van der Waals surface area contributed by atoms with Crippen LogP contribution in [0.3, 0.4) is 0 Å². The van der Waals surface area contributed by atoms with Gasteiger partial charge in [-0.25, -0.2) is 9.59 Å². The quantitative estimate of drug-likeness (QED) is 0.758. The molecule has 1 fully saturated rings. The van der Waals surface area contributed by atoms with Gasteiger partial charge in [-0.15, -0.1) is 0 Å². The van der Waals surface area contributed by atoms with Gasteiger partial charge in [0.2, 0.25) is 0 Å². The first-order valence-electron chi connectivity index (χ1n) is 8.36. The van der Waals surface area contributed by atoms with Crippen LogP contribution in [0.5, 0.6) is 0 Å². The van der Waals surface area contributed by atoms with Crippen molar-refractivity contribution in [3.05, 3.63) is 0 Å². The van der Waals surface area contributed by atoms with Gasteiger partial charge in [0.25, 0.3) is 0 Å². The van der Waals surface area contributed by atoms with Crippen molar-refractivity contribution in [2.45, 2.75) is 83.5 Å². The maximum absolute atomic E-state index is 12.1. The van der Waals surface area contributed by atoms with Crippen LogP contribution in [0.1, 0.15) is 66.2 Å². The number of carbonyl (C=O) groups excluding carboxylic acids is 2. The highest BCUT2D eigenvalue weighted by Crippen LogP contribution is 2.30. The van der Waals surface area contributed by atoms with Crippen LogP contribution in [-0.4, -0.2) is 41.5 Å². The van der Waals surface area contributed by atoms with Gasteiger partial charge in [-0.05, 0) is 40.0 Å². The number of aliphatic hydroxyl groups is 1. The number of nitrogens with one attached hydrogen (secondary N) is 1. The van der Waals surface area contributed by atoms with Gasteiger partial charge in [0.1, 0.15) is 5.60 Å². The summed E-state index contributed by atoms with van der Waals surface area (Å²) in [6, 6.07) is -0.743. The fourth-order valence-electron chi connectivity index (χ4n) is 2.98. The highest BCUT2D eigenvalue weighted by atomic mass is 16.6. The largest absolute Gasteiger partial charge is 0.467 e. The third kappa shape index (κ3) is 6.37. The van der Waals surface area contributed by atoms with Crippen LogP contribution >= 0.6 is 0 Å². The summed E-state index contributed by atoms with van der Waals surface area (Å²) in [5.74, 6) is -0.380. The lowest BCUT2D eigenvalue weighted by Crippen LogP contribution is -2.57. The summed E-state index contributed by atoms with van der Waals surface area (Å²) < 4.78 is 9.94. The van der Waals surface area contributed by atoms with Gasteiger partial charge in [-0.2, -0.15) is 0 Å². The number of hydrogen-bond donors (Lipinski definition) is 2. The van der Waals surface area contributed by atoms with Gasteiger partial charge in [0.05, 0.1) is 13.2 Å². The van der Waals surface area contributed by atoms with Crippen molar-refractivity contribution in [3.63, 3.8) is 0 Å². The first kappa shape index (κ1) is 19.7. The maximum Gasteiger partial charge on any atom is 0.407 e. The van der Waals surface area contributed by atoms with E-state index in [0.29, 0.717) is 12.3 Å². The summed E-state index contributed by atoms with van der Waals surface area (Å²) in [6.45, 7) is 6.67. The molecule has 1 aliphatic rings. The molecule has 0 aliphatic heterocycles. The molecular formula is C17H31NO5. The van der Waals surface area contributed by atoms with Crippen LogP contribution in [0.4, 0.5) is 4.79 Å². The van der Waals surface area contributed by atoms with E-state index in [2.05, 4.69) is 10.1 Å². The minimum Gasteiger partial charge on any atom is -0.467 e. The highest BCUT2D eigenvalue weighted by Gasteiger charge is 2.43. The molecule has 1 aliphatic carbocycles. The number of carbonyl (C=O) groups is 2. The molecule has 23 heavy (non-hydrogen) atoms. The number of methoxy groups -OCH3 is 1. The van der Waals surface area contributed by atoms with E-state index in [1.807, 2.05) is 0 Å². The molecule has 0 aromatic heterocycles. The zero-order valence-electron chi connectivity index (χ0n) is 15.0. The molecule has 0 unspecified atom stereocenters. The van der Waals surface area contributed by atoms with E-state index in [0.717, 1.165) is 25.7 Å². The number of rotatable bonds is 5. The lowest BCUT2D eigenvalue weighted by Gasteiger charge is -2.35. The standard InChI is InChI=1S/C17H31NO5/c1-16(2,3)23-15(20)18-13(17(4,21)14(19)22-5)11-12-9-7-6-8-10-12/h12-13,21H,6-11H2,1-5H3,(H,18,20)/t13-,17+/m0/s1. The molecule has 0 bridgehead atoms. The molecule has 1 rings (SSSR count). The summed E-state index contributed by atoms with van der Waals surface area (Å²) in [5, 5.41) is 13.2. The molecule has 2 atom stereocenters. The van der Waals surface area contributed by atoms with Crippen LogP contribution in [0.2, 0.25) is 0 Å². The lowest BCUT2D eigenvalue weighted by molar-refractivity contribution is -0.164. The number of hydrogen-bond acceptors (Lipinski definition) is 5. The van der Waals surface area contributed by atoms with Crippen molar-refractivity contribution in [2.75, 3.05) is 7.11 Å². The van der Waals surface area contributed by atoms with E-state index in [1.165, 1.54) is 20.5 Å². The predicted octanol–water partition coefficient (Wildman–Crippen LogP) is 2.77. The molecule has 0 spiro atoms. The van der Waals surface area contributed by atoms with Gasteiger partial charge in [0, 0.05) is 0 Å². The summed E-state index contributed by atoms with van der Waals surface area (Å²) in [7, 11) is 1.22. The van der Waals surface area contributed by atoms with Gasteiger partial charge < -0.3 is 19.9 Å². The minimum absolute atomic E-state index is 0.375. The Kier molecular flexibility index (Phi) is 6.86. The molecule has 6 nitrogen and oxygen atoms in total. The molecule has 6 heteroatoms. The fraction of sp³-hybridized carbons (Fsp3) is 0.882. The van der Waals surface area contributed by atoms with Crippen molar-refractivity contribution >= 4 is 12.1 Å². The Hall–Kier alpha value is -1.30. The summed E-state index contributed by atoms with van der Waals surface area (Å²) >= 11 is 0. The third-order valence-corrected chi connectivity index (χ3v) is 4.26. The molecule has 0 heterocycles. The van der Waals surface area contributed by atoms with Gasteiger partial charge in [0.15, 0.2) is 5.60 Å². The summed E-state index contributed by atoms with van der Waals surface area (Å²) in [6.07, 6.45) is 5.49. The van der Waals surface area contributed by atoms with Crippen LogP contribution in [-0.2, 0) is 14.3 Å². The van der Waals surface area contributed by atoms with E-state index in [1.54, 1.807) is 20.8 Å². The summed E-state index contributed by atoms with van der Waals surface area (Å²) in [4.78, 5) is 24.0. The van der Waals surface area contributed by atoms with Crippen LogP contribution in [0.15, 0.2) is 0 Å². The second-order valence-corrected chi connectivity index (χ2v) is 7.58. The molecule has 0 aromatic carbocycles. The molecule has 0 aromatic rings. The number of ether oxygens (including phenoxy) is 2. The second kappa shape index (κ2) is 7.99. The average Bonchev–Trinajstić information content (AvgIpc) is 2.44. The SMILES string of the molecule is COC(=O)[C@](C)(O)[C@H](CC1CCCCC1)NC(=O)OC(C)(C)C. The topological polar surface area (TPSA) is 84.9 Å².